The van der Waals surface area contributed by atoms with Gasteiger partial charge in [0.25, 0.3) is 5.91 Å². The molecule has 0 radical (unpaired) electrons. The minimum absolute atomic E-state index is 0.114. The molecule has 0 saturated carbocycles. The van der Waals surface area contributed by atoms with Crippen LogP contribution in [-0.4, -0.2) is 39.4 Å². The number of hydrogen-bond donors (Lipinski definition) is 3. The van der Waals surface area contributed by atoms with Gasteiger partial charge in [0.2, 0.25) is 5.56 Å². The Morgan fingerprint density at radius 1 is 1.13 bits per heavy atom. The monoisotopic (exact) mass is 414 g/mol. The zero-order valence-electron chi connectivity index (χ0n) is 17.2. The van der Waals surface area contributed by atoms with E-state index in [4.69, 9.17) is 0 Å². The van der Waals surface area contributed by atoms with Crippen molar-refractivity contribution in [1.29, 1.82) is 0 Å². The van der Waals surface area contributed by atoms with Crippen molar-refractivity contribution in [2.75, 3.05) is 18.9 Å². The summed E-state index contributed by atoms with van der Waals surface area (Å²) in [7, 11) is 1.62. The normalized spacial score (nSPS) is 11.8. The molecule has 8 heteroatoms. The molecular formula is C23H22N6O2. The highest BCUT2D eigenvalue weighted by atomic mass is 16.1. The molecule has 0 spiro atoms. The van der Waals surface area contributed by atoms with Crippen molar-refractivity contribution < 1.29 is 4.79 Å². The fraction of sp³-hybridized carbons (Fsp3) is 0.174. The SMILES string of the molecule is CNC(=O)c1ccnc2c([C@H](C)CNc3cc(-c4ccc(=O)[nH]c4)ncn3)cccc12. The van der Waals surface area contributed by atoms with Gasteiger partial charge in [0.1, 0.15) is 12.1 Å². The first-order valence-corrected chi connectivity index (χ1v) is 9.91. The lowest BCUT2D eigenvalue weighted by Crippen LogP contribution is -2.18. The van der Waals surface area contributed by atoms with Crippen molar-refractivity contribution in [1.82, 2.24) is 25.3 Å². The summed E-state index contributed by atoms with van der Waals surface area (Å²) in [6.45, 7) is 2.72. The lowest BCUT2D eigenvalue weighted by molar-refractivity contribution is 0.0964. The highest BCUT2D eigenvalue weighted by molar-refractivity contribution is 6.06. The predicted octanol–water partition coefficient (Wildman–Crippen LogP) is 2.96. The molecule has 1 amide bonds. The van der Waals surface area contributed by atoms with E-state index in [1.165, 1.54) is 12.4 Å². The quantitative estimate of drug-likeness (QED) is 0.447. The van der Waals surface area contributed by atoms with Crippen molar-refractivity contribution in [3.63, 3.8) is 0 Å². The maximum absolute atomic E-state index is 12.2. The number of nitrogens with one attached hydrogen (secondary N) is 3. The largest absolute Gasteiger partial charge is 0.369 e. The average molecular weight is 414 g/mol. The van der Waals surface area contributed by atoms with Crippen LogP contribution in [0.1, 0.15) is 28.8 Å². The molecule has 0 aliphatic rings. The Kier molecular flexibility index (Phi) is 5.70. The van der Waals surface area contributed by atoms with E-state index in [-0.39, 0.29) is 17.4 Å². The van der Waals surface area contributed by atoms with Crippen molar-refractivity contribution in [2.45, 2.75) is 12.8 Å². The van der Waals surface area contributed by atoms with Crippen LogP contribution in [0.25, 0.3) is 22.2 Å². The summed E-state index contributed by atoms with van der Waals surface area (Å²) in [5.74, 6) is 0.663. The van der Waals surface area contributed by atoms with Crippen LogP contribution in [0.4, 0.5) is 5.82 Å². The molecule has 0 aliphatic heterocycles. The van der Waals surface area contributed by atoms with E-state index in [2.05, 4.69) is 37.5 Å². The topological polar surface area (TPSA) is 113 Å². The Bertz CT molecular complexity index is 1280. The van der Waals surface area contributed by atoms with Crippen LogP contribution in [0, 0.1) is 0 Å². The van der Waals surface area contributed by atoms with Gasteiger partial charge in [-0.15, -0.1) is 0 Å². The predicted molar refractivity (Wildman–Crippen MR) is 120 cm³/mol. The minimum Gasteiger partial charge on any atom is -0.369 e. The fourth-order valence-corrected chi connectivity index (χ4v) is 3.48. The first kappa shape index (κ1) is 20.2. The zero-order valence-corrected chi connectivity index (χ0v) is 17.2. The summed E-state index contributed by atoms with van der Waals surface area (Å²) >= 11 is 0. The van der Waals surface area contributed by atoms with Gasteiger partial charge in [-0.3, -0.25) is 14.6 Å². The van der Waals surface area contributed by atoms with Gasteiger partial charge in [0, 0.05) is 55.0 Å². The van der Waals surface area contributed by atoms with E-state index in [0.29, 0.717) is 23.6 Å². The molecule has 3 N–H and O–H groups in total. The van der Waals surface area contributed by atoms with Crippen molar-refractivity contribution in [2.24, 2.45) is 0 Å². The number of aromatic amines is 1. The van der Waals surface area contributed by atoms with E-state index in [1.807, 2.05) is 24.3 Å². The molecule has 4 rings (SSSR count). The molecule has 4 aromatic rings. The lowest BCUT2D eigenvalue weighted by Gasteiger charge is -2.16. The molecule has 0 bridgehead atoms. The maximum Gasteiger partial charge on any atom is 0.251 e. The first-order chi connectivity index (χ1) is 15.1. The third-order valence-corrected chi connectivity index (χ3v) is 5.14. The zero-order chi connectivity index (χ0) is 21.8. The second-order valence-corrected chi connectivity index (χ2v) is 7.19. The number of anilines is 1. The standard InChI is InChI=1S/C23H22N6O2/c1-14(16-4-3-5-17-18(23(31)24-2)8-9-25-22(16)17)11-26-20-10-19(28-13-29-20)15-6-7-21(30)27-12-15/h3-10,12-14H,11H2,1-2H3,(H,24,31)(H,27,30)(H,26,28,29)/t14-/m1/s1. The second kappa shape index (κ2) is 8.74. The van der Waals surface area contributed by atoms with Crippen LogP contribution in [-0.2, 0) is 0 Å². The van der Waals surface area contributed by atoms with Crippen LogP contribution in [0.5, 0.6) is 0 Å². The van der Waals surface area contributed by atoms with Crippen molar-refractivity contribution in [3.05, 3.63) is 82.7 Å². The molecule has 3 heterocycles. The van der Waals surface area contributed by atoms with Crippen LogP contribution >= 0.6 is 0 Å². The number of H-pyrrole nitrogens is 1. The van der Waals surface area contributed by atoms with Gasteiger partial charge in [-0.1, -0.05) is 25.1 Å². The van der Waals surface area contributed by atoms with Gasteiger partial charge in [-0.25, -0.2) is 9.97 Å². The summed E-state index contributed by atoms with van der Waals surface area (Å²) in [6.07, 6.45) is 4.78. The van der Waals surface area contributed by atoms with Crippen molar-refractivity contribution >= 4 is 22.6 Å². The Morgan fingerprint density at radius 2 is 2.00 bits per heavy atom. The number of pyridine rings is 2. The average Bonchev–Trinajstić information content (AvgIpc) is 2.82. The van der Waals surface area contributed by atoms with Gasteiger partial charge < -0.3 is 15.6 Å². The van der Waals surface area contributed by atoms with Crippen LogP contribution in [0.3, 0.4) is 0 Å². The summed E-state index contributed by atoms with van der Waals surface area (Å²) in [5.41, 5.74) is 3.82. The Morgan fingerprint density at radius 3 is 2.77 bits per heavy atom. The fourth-order valence-electron chi connectivity index (χ4n) is 3.48. The second-order valence-electron chi connectivity index (χ2n) is 7.19. The number of aromatic nitrogens is 4. The number of fused-ring (bicyclic) bond motifs is 1. The molecule has 8 nitrogen and oxygen atoms in total. The highest BCUT2D eigenvalue weighted by Gasteiger charge is 2.15. The number of rotatable bonds is 6. The Balaban J connectivity index is 1.56. The van der Waals surface area contributed by atoms with Gasteiger partial charge in [-0.05, 0) is 17.7 Å². The van der Waals surface area contributed by atoms with Gasteiger partial charge in [-0.2, -0.15) is 0 Å². The number of benzene rings is 1. The maximum atomic E-state index is 12.2. The van der Waals surface area contributed by atoms with E-state index >= 15 is 0 Å². The lowest BCUT2D eigenvalue weighted by atomic mass is 9.96. The summed E-state index contributed by atoms with van der Waals surface area (Å²) in [6, 6.07) is 12.6. The molecule has 0 unspecified atom stereocenters. The van der Waals surface area contributed by atoms with Crippen LogP contribution in [0.2, 0.25) is 0 Å². The van der Waals surface area contributed by atoms with Crippen molar-refractivity contribution in [3.8, 4) is 11.3 Å². The number of amides is 1. The number of carbonyl (C=O) groups is 1. The highest BCUT2D eigenvalue weighted by Crippen LogP contribution is 2.26. The summed E-state index contributed by atoms with van der Waals surface area (Å²) in [4.78, 5) is 39.2. The van der Waals surface area contributed by atoms with E-state index in [1.54, 1.807) is 31.6 Å². The van der Waals surface area contributed by atoms with Gasteiger partial charge in [0.15, 0.2) is 0 Å². The van der Waals surface area contributed by atoms with E-state index in [9.17, 15) is 9.59 Å². The minimum atomic E-state index is -0.159. The number of hydrogen-bond acceptors (Lipinski definition) is 6. The summed E-state index contributed by atoms with van der Waals surface area (Å²) < 4.78 is 0. The molecule has 1 aromatic carbocycles. The van der Waals surface area contributed by atoms with Crippen LogP contribution < -0.4 is 16.2 Å². The first-order valence-electron chi connectivity index (χ1n) is 9.91. The molecule has 0 saturated heterocycles. The van der Waals surface area contributed by atoms with E-state index < -0.39 is 0 Å². The molecule has 156 valence electrons. The van der Waals surface area contributed by atoms with Gasteiger partial charge in [0.05, 0.1) is 16.8 Å². The third kappa shape index (κ3) is 4.28. The molecule has 0 fully saturated rings. The molecule has 31 heavy (non-hydrogen) atoms. The molecule has 1 atom stereocenters. The third-order valence-electron chi connectivity index (χ3n) is 5.14. The Labute approximate surface area is 178 Å². The molecule has 3 aromatic heterocycles. The summed E-state index contributed by atoms with van der Waals surface area (Å²) in [5, 5.41) is 6.85. The van der Waals surface area contributed by atoms with E-state index in [0.717, 1.165) is 22.0 Å². The van der Waals surface area contributed by atoms with Gasteiger partial charge >= 0.3 is 0 Å². The van der Waals surface area contributed by atoms with Crippen LogP contribution in [0.15, 0.2) is 66.0 Å². The molecular weight excluding hydrogens is 392 g/mol. The number of nitrogens with zero attached hydrogens (tertiary/aromatic N) is 3. The smallest absolute Gasteiger partial charge is 0.251 e. The molecule has 0 aliphatic carbocycles. The Hall–Kier alpha value is -4.07. The number of carbonyl (C=O) groups excluding carboxylic acids is 1. The number of para-hydroxylation sites is 1.